The summed E-state index contributed by atoms with van der Waals surface area (Å²) >= 11 is 7.75. The molecule has 0 N–H and O–H groups in total. The van der Waals surface area contributed by atoms with Gasteiger partial charge in [0.05, 0.1) is 16.6 Å². The van der Waals surface area contributed by atoms with Gasteiger partial charge in [-0.2, -0.15) is 13.1 Å². The maximum Gasteiger partial charge on any atom is 0.230 e. The van der Waals surface area contributed by atoms with Crippen molar-refractivity contribution in [1.29, 1.82) is 0 Å². The van der Waals surface area contributed by atoms with Crippen LogP contribution in [0.5, 0.6) is 0 Å². The zero-order chi connectivity index (χ0) is 18.8. The van der Waals surface area contributed by atoms with E-state index in [-0.39, 0.29) is 4.47 Å². The van der Waals surface area contributed by atoms with E-state index in [2.05, 4.69) is 54.8 Å². The molecule has 4 aromatic rings. The molecular weight excluding hydrogens is 465 g/mol. The van der Waals surface area contributed by atoms with Crippen LogP contribution in [-0.2, 0) is 6.42 Å². The van der Waals surface area contributed by atoms with Crippen LogP contribution in [0.3, 0.4) is 0 Å². The van der Waals surface area contributed by atoms with Crippen LogP contribution in [0.4, 0.5) is 4.39 Å². The van der Waals surface area contributed by atoms with Gasteiger partial charge in [-0.3, -0.25) is 0 Å². The lowest BCUT2D eigenvalue weighted by Crippen LogP contribution is -1.91. The van der Waals surface area contributed by atoms with Crippen molar-refractivity contribution in [2.24, 2.45) is 0 Å². The van der Waals surface area contributed by atoms with Crippen LogP contribution in [0.25, 0.3) is 31.4 Å². The Labute approximate surface area is 177 Å². The van der Waals surface area contributed by atoms with Gasteiger partial charge in [0.2, 0.25) is 5.95 Å². The van der Waals surface area contributed by atoms with Gasteiger partial charge in [0, 0.05) is 14.6 Å². The van der Waals surface area contributed by atoms with Crippen molar-refractivity contribution in [1.82, 2.24) is 13.7 Å². The highest BCUT2D eigenvalue weighted by Crippen LogP contribution is 2.40. The Bertz CT molecular complexity index is 1070. The van der Waals surface area contributed by atoms with E-state index in [1.807, 2.05) is 17.4 Å². The molecule has 4 aromatic heterocycles. The Morgan fingerprint density at radius 3 is 2.52 bits per heavy atom. The number of fused-ring (bicyclic) bond motifs is 1. The highest BCUT2D eigenvalue weighted by Gasteiger charge is 2.19. The van der Waals surface area contributed by atoms with Crippen LogP contribution in [0.2, 0.25) is 0 Å². The van der Waals surface area contributed by atoms with Crippen molar-refractivity contribution in [3.8, 4) is 20.3 Å². The fourth-order valence-electron chi connectivity index (χ4n) is 2.93. The van der Waals surface area contributed by atoms with Gasteiger partial charge >= 0.3 is 0 Å². The smallest absolute Gasteiger partial charge is 0.215 e. The second-order valence-corrected chi connectivity index (χ2v) is 9.84. The molecule has 0 radical (unpaired) electrons. The van der Waals surface area contributed by atoms with Gasteiger partial charge < -0.3 is 0 Å². The molecule has 0 bridgehead atoms. The Morgan fingerprint density at radius 2 is 1.67 bits per heavy atom. The largest absolute Gasteiger partial charge is 0.230 e. The Morgan fingerprint density at radius 1 is 0.926 bits per heavy atom. The number of unbranched alkanes of at least 4 members (excludes halogenated alkanes) is 3. The predicted octanol–water partition coefficient (Wildman–Crippen LogP) is 7.57. The van der Waals surface area contributed by atoms with E-state index < -0.39 is 5.95 Å². The Kier molecular flexibility index (Phi) is 5.96. The van der Waals surface area contributed by atoms with Gasteiger partial charge in [-0.05, 0) is 53.0 Å². The van der Waals surface area contributed by atoms with Gasteiger partial charge in [0.15, 0.2) is 0 Å². The molecule has 8 heteroatoms. The first-order chi connectivity index (χ1) is 13.2. The van der Waals surface area contributed by atoms with Crippen molar-refractivity contribution in [3.05, 3.63) is 39.6 Å². The van der Waals surface area contributed by atoms with Gasteiger partial charge in [-0.25, -0.2) is 4.98 Å². The fraction of sp³-hybridized carbons (Fsp3) is 0.316. The number of pyridine rings is 1. The second-order valence-electron chi connectivity index (χ2n) is 6.27. The molecule has 0 unspecified atom stereocenters. The monoisotopic (exact) mass is 481 g/mol. The van der Waals surface area contributed by atoms with E-state index in [0.29, 0.717) is 16.7 Å². The first kappa shape index (κ1) is 19.1. The molecule has 4 rings (SSSR count). The molecule has 0 saturated carbocycles. The van der Waals surface area contributed by atoms with Crippen LogP contribution in [0, 0.1) is 5.95 Å². The van der Waals surface area contributed by atoms with E-state index in [4.69, 9.17) is 0 Å². The molecule has 0 aromatic carbocycles. The fourth-order valence-corrected chi connectivity index (χ4v) is 6.10. The van der Waals surface area contributed by atoms with Crippen molar-refractivity contribution in [3.63, 3.8) is 0 Å². The van der Waals surface area contributed by atoms with Crippen LogP contribution in [0.1, 0.15) is 37.5 Å². The number of thiophene rings is 2. The molecular formula is C19H17BrFN3S3. The number of rotatable bonds is 7. The Balaban J connectivity index is 1.59. The SMILES string of the molecule is CCCCCCc1ccc(-c2ccc(-c3nc(F)c(Br)c4nsnc34)s2)s1. The lowest BCUT2D eigenvalue weighted by atomic mass is 10.1. The van der Waals surface area contributed by atoms with E-state index >= 15 is 0 Å². The molecule has 0 fully saturated rings. The van der Waals surface area contributed by atoms with Crippen molar-refractivity contribution in [2.75, 3.05) is 0 Å². The van der Waals surface area contributed by atoms with E-state index in [1.165, 1.54) is 40.3 Å². The topological polar surface area (TPSA) is 38.7 Å². The van der Waals surface area contributed by atoms with Crippen molar-refractivity contribution in [2.45, 2.75) is 39.0 Å². The standard InChI is InChI=1S/C19H17BrFN3S3/c1-2-3-4-5-6-11-7-8-12(25-11)13-9-10-14(26-13)16-18-17(23-27-24-18)15(20)19(21)22-16/h7-10H,2-6H2,1H3. The van der Waals surface area contributed by atoms with E-state index in [1.54, 1.807) is 11.3 Å². The number of hydrogen-bond donors (Lipinski definition) is 0. The van der Waals surface area contributed by atoms with Gasteiger partial charge in [0.25, 0.3) is 0 Å². The average molecular weight is 482 g/mol. The molecule has 0 saturated heterocycles. The molecule has 0 aliphatic rings. The highest BCUT2D eigenvalue weighted by molar-refractivity contribution is 9.10. The van der Waals surface area contributed by atoms with Gasteiger partial charge in [0.1, 0.15) is 21.2 Å². The third-order valence-corrected chi connectivity index (χ3v) is 8.00. The molecule has 3 nitrogen and oxygen atoms in total. The third kappa shape index (κ3) is 3.99. The van der Waals surface area contributed by atoms with Crippen molar-refractivity contribution < 1.29 is 4.39 Å². The normalized spacial score (nSPS) is 11.5. The Hall–Kier alpha value is -1.22. The minimum absolute atomic E-state index is 0.276. The summed E-state index contributed by atoms with van der Waals surface area (Å²) in [5.41, 5.74) is 1.74. The second kappa shape index (κ2) is 8.43. The van der Waals surface area contributed by atoms with Gasteiger partial charge in [-0.1, -0.05) is 26.2 Å². The molecule has 0 atom stereocenters. The summed E-state index contributed by atoms with van der Waals surface area (Å²) in [6.07, 6.45) is 6.27. The average Bonchev–Trinajstić information content (AvgIpc) is 3.41. The van der Waals surface area contributed by atoms with E-state index in [0.717, 1.165) is 23.0 Å². The lowest BCUT2D eigenvalue weighted by molar-refractivity contribution is 0.581. The lowest BCUT2D eigenvalue weighted by Gasteiger charge is -2.00. The zero-order valence-electron chi connectivity index (χ0n) is 14.7. The quantitative estimate of drug-likeness (QED) is 0.201. The molecule has 0 amide bonds. The number of nitrogens with zero attached hydrogens (tertiary/aromatic N) is 3. The maximum atomic E-state index is 14.2. The number of aryl methyl sites for hydroxylation is 1. The molecule has 4 heterocycles. The van der Waals surface area contributed by atoms with Crippen molar-refractivity contribution >= 4 is 61.4 Å². The summed E-state index contributed by atoms with van der Waals surface area (Å²) in [5.74, 6) is -0.550. The summed E-state index contributed by atoms with van der Waals surface area (Å²) in [5, 5.41) is 0. The first-order valence-electron chi connectivity index (χ1n) is 8.84. The highest BCUT2D eigenvalue weighted by atomic mass is 79.9. The van der Waals surface area contributed by atoms with Crippen LogP contribution < -0.4 is 0 Å². The third-order valence-electron chi connectivity index (χ3n) is 4.33. The maximum absolute atomic E-state index is 14.2. The number of halogens is 2. The van der Waals surface area contributed by atoms with E-state index in [9.17, 15) is 4.39 Å². The first-order valence-corrected chi connectivity index (χ1v) is 12.0. The van der Waals surface area contributed by atoms with Crippen LogP contribution in [0.15, 0.2) is 28.7 Å². The summed E-state index contributed by atoms with van der Waals surface area (Å²) < 4.78 is 22.9. The molecule has 140 valence electrons. The minimum atomic E-state index is -0.550. The summed E-state index contributed by atoms with van der Waals surface area (Å²) in [4.78, 5) is 8.88. The molecule has 0 aliphatic carbocycles. The summed E-state index contributed by atoms with van der Waals surface area (Å²) in [6.45, 7) is 2.24. The summed E-state index contributed by atoms with van der Waals surface area (Å²) in [7, 11) is 0. The number of hydrogen-bond acceptors (Lipinski definition) is 6. The predicted molar refractivity (Wildman–Crippen MR) is 117 cm³/mol. The van der Waals surface area contributed by atoms with Crippen LogP contribution >= 0.6 is 50.3 Å². The van der Waals surface area contributed by atoms with Crippen LogP contribution in [-0.4, -0.2) is 13.7 Å². The summed E-state index contributed by atoms with van der Waals surface area (Å²) in [6, 6.07) is 8.49. The number of aromatic nitrogens is 3. The molecule has 0 spiro atoms. The zero-order valence-corrected chi connectivity index (χ0v) is 18.7. The molecule has 0 aliphatic heterocycles. The minimum Gasteiger partial charge on any atom is -0.215 e. The van der Waals surface area contributed by atoms with Gasteiger partial charge in [-0.15, -0.1) is 22.7 Å². The molecule has 27 heavy (non-hydrogen) atoms.